The number of likely N-dealkylation sites (N-methyl/N-ethyl adjacent to an activating group) is 1. The molecule has 2 atom stereocenters. The summed E-state index contributed by atoms with van der Waals surface area (Å²) in [4.78, 5) is 13.5. The van der Waals surface area contributed by atoms with Crippen LogP contribution in [-0.2, 0) is 17.6 Å². The van der Waals surface area contributed by atoms with Gasteiger partial charge >= 0.3 is 5.97 Å². The summed E-state index contributed by atoms with van der Waals surface area (Å²) in [6.07, 6.45) is 2.23. The third kappa shape index (κ3) is 5.58. The highest BCUT2D eigenvalue weighted by Gasteiger charge is 2.33. The van der Waals surface area contributed by atoms with Gasteiger partial charge in [-0.25, -0.2) is 0 Å². The number of methoxy groups -OCH3 is 4. The number of carboxylic acid groups (broad SMARTS) is 1. The second-order valence-corrected chi connectivity index (χ2v) is 7.77. The molecule has 0 unspecified atom stereocenters. The van der Waals surface area contributed by atoms with Crippen molar-refractivity contribution in [2.24, 2.45) is 0 Å². The molecule has 8 heteroatoms. The molecule has 3 rings (SSSR count). The minimum absolute atomic E-state index is 0. The van der Waals surface area contributed by atoms with Gasteiger partial charge in [-0.1, -0.05) is 6.07 Å². The first-order chi connectivity index (χ1) is 14.9. The zero-order valence-corrected chi connectivity index (χ0v) is 21.5. The van der Waals surface area contributed by atoms with E-state index in [9.17, 15) is 9.90 Å². The summed E-state index contributed by atoms with van der Waals surface area (Å²) < 4.78 is 21.9. The summed E-state index contributed by atoms with van der Waals surface area (Å²) >= 11 is 0. The van der Waals surface area contributed by atoms with Gasteiger partial charge < -0.3 is 24.1 Å². The fraction of sp³-hybridized carbons (Fsp3) is 0.458. The van der Waals surface area contributed by atoms with Crippen molar-refractivity contribution in [1.82, 2.24) is 4.90 Å². The number of rotatable bonds is 9. The Balaban J connectivity index is 0.00000363. The van der Waals surface area contributed by atoms with Gasteiger partial charge in [-0.15, -0.1) is 24.0 Å². The molecule has 0 spiro atoms. The Hall–Kier alpha value is -2.20. The number of aliphatic carboxylic acids is 1. The van der Waals surface area contributed by atoms with E-state index >= 15 is 0 Å². The van der Waals surface area contributed by atoms with Crippen molar-refractivity contribution in [2.75, 3.05) is 35.5 Å². The minimum Gasteiger partial charge on any atom is -0.493 e. The number of halogens is 1. The summed E-state index contributed by atoms with van der Waals surface area (Å²) in [5.74, 6) is 1.98. The lowest BCUT2D eigenvalue weighted by atomic mass is 9.84. The lowest BCUT2D eigenvalue weighted by Crippen LogP contribution is -2.42. The molecule has 2 aromatic rings. The molecule has 0 aromatic heterocycles. The fourth-order valence-corrected chi connectivity index (χ4v) is 4.38. The monoisotopic (exact) mass is 557 g/mol. The summed E-state index contributed by atoms with van der Waals surface area (Å²) in [5, 5.41) is 9.20. The van der Waals surface area contributed by atoms with Gasteiger partial charge in [0.25, 0.3) is 0 Å². The van der Waals surface area contributed by atoms with E-state index in [-0.39, 0.29) is 42.5 Å². The Morgan fingerprint density at radius 2 is 1.56 bits per heavy atom. The average Bonchev–Trinajstić information content (AvgIpc) is 2.78. The average molecular weight is 557 g/mol. The highest BCUT2D eigenvalue weighted by Crippen LogP contribution is 2.42. The van der Waals surface area contributed by atoms with E-state index in [4.69, 9.17) is 18.9 Å². The first-order valence-corrected chi connectivity index (χ1v) is 10.3. The van der Waals surface area contributed by atoms with E-state index in [0.717, 1.165) is 24.0 Å². The Morgan fingerprint density at radius 3 is 2.16 bits per heavy atom. The van der Waals surface area contributed by atoms with Crippen molar-refractivity contribution >= 4 is 29.9 Å². The van der Waals surface area contributed by atoms with Crippen molar-refractivity contribution in [3.8, 4) is 23.0 Å². The molecule has 2 aromatic carbocycles. The van der Waals surface area contributed by atoms with Crippen LogP contribution in [0, 0.1) is 0 Å². The van der Waals surface area contributed by atoms with Gasteiger partial charge in [0.05, 0.1) is 28.4 Å². The maximum Gasteiger partial charge on any atom is 0.303 e. The van der Waals surface area contributed by atoms with Gasteiger partial charge in [-0.05, 0) is 67.3 Å². The van der Waals surface area contributed by atoms with Crippen molar-refractivity contribution in [3.05, 3.63) is 47.0 Å². The number of nitrogens with zero attached hydrogens (tertiary/aromatic N) is 1. The first kappa shape index (κ1) is 26.1. The van der Waals surface area contributed by atoms with Crippen LogP contribution in [0.5, 0.6) is 23.0 Å². The molecule has 1 N–H and O–H groups in total. The van der Waals surface area contributed by atoms with Gasteiger partial charge in [0, 0.05) is 18.5 Å². The van der Waals surface area contributed by atoms with Crippen molar-refractivity contribution in [2.45, 2.75) is 37.8 Å². The smallest absolute Gasteiger partial charge is 0.303 e. The topological polar surface area (TPSA) is 77.5 Å². The number of carboxylic acids is 1. The molecule has 0 saturated heterocycles. The summed E-state index contributed by atoms with van der Waals surface area (Å²) in [5.41, 5.74) is 3.44. The van der Waals surface area contributed by atoms with Crippen LogP contribution in [0.4, 0.5) is 0 Å². The van der Waals surface area contributed by atoms with Crippen LogP contribution in [0.2, 0.25) is 0 Å². The lowest BCUT2D eigenvalue weighted by Gasteiger charge is -2.41. The van der Waals surface area contributed by atoms with Crippen molar-refractivity contribution in [3.63, 3.8) is 0 Å². The van der Waals surface area contributed by atoms with Crippen molar-refractivity contribution in [1.29, 1.82) is 0 Å². The predicted octanol–water partition coefficient (Wildman–Crippen LogP) is 4.34. The lowest BCUT2D eigenvalue weighted by molar-refractivity contribution is -0.137. The zero-order chi connectivity index (χ0) is 22.5. The van der Waals surface area contributed by atoms with Gasteiger partial charge in [0.15, 0.2) is 23.0 Å². The standard InChI is InChI=1S/C24H31NO6.HI/c1-25-17(7-9-24(26)27)12-16-13-22(30-4)23(31-5)14-18(16)19(25)10-15-6-8-20(28-2)21(11-15)29-3;/h6,8,11,13-14,17,19H,7,9-10,12H2,1-5H3,(H,26,27);1H/t17-,19-;/m1./s1. The summed E-state index contributed by atoms with van der Waals surface area (Å²) in [7, 11) is 8.58. The van der Waals surface area contributed by atoms with Crippen LogP contribution >= 0.6 is 24.0 Å². The molecule has 1 aliphatic heterocycles. The predicted molar refractivity (Wildman–Crippen MR) is 133 cm³/mol. The molecule has 0 saturated carbocycles. The number of ether oxygens (including phenoxy) is 4. The molecule has 176 valence electrons. The molecule has 1 heterocycles. The minimum atomic E-state index is -0.775. The second kappa shape index (κ2) is 11.6. The van der Waals surface area contributed by atoms with E-state index in [1.165, 1.54) is 5.56 Å². The Labute approximate surface area is 206 Å². The van der Waals surface area contributed by atoms with E-state index < -0.39 is 5.97 Å². The van der Waals surface area contributed by atoms with Gasteiger partial charge in [0.2, 0.25) is 0 Å². The van der Waals surface area contributed by atoms with E-state index in [1.54, 1.807) is 28.4 Å². The van der Waals surface area contributed by atoms with E-state index in [0.29, 0.717) is 29.4 Å². The van der Waals surface area contributed by atoms with Crippen LogP contribution in [-0.4, -0.2) is 57.5 Å². The number of hydrogen-bond acceptors (Lipinski definition) is 6. The zero-order valence-electron chi connectivity index (χ0n) is 19.2. The highest BCUT2D eigenvalue weighted by molar-refractivity contribution is 14.0. The molecule has 7 nitrogen and oxygen atoms in total. The van der Waals surface area contributed by atoms with Crippen LogP contribution in [0.15, 0.2) is 30.3 Å². The maximum absolute atomic E-state index is 11.2. The van der Waals surface area contributed by atoms with Crippen molar-refractivity contribution < 1.29 is 28.8 Å². The number of benzene rings is 2. The summed E-state index contributed by atoms with van der Waals surface area (Å²) in [6.45, 7) is 0. The maximum atomic E-state index is 11.2. The SMILES string of the molecule is COc1ccc(C[C@@H]2c3cc(OC)c(OC)cc3C[C@@H](CCC(=O)O)N2C)cc1OC.I. The van der Waals surface area contributed by atoms with E-state index in [2.05, 4.69) is 11.9 Å². The number of carbonyl (C=O) groups is 1. The quantitative estimate of drug-likeness (QED) is 0.460. The van der Waals surface area contributed by atoms with Gasteiger partial charge in [-0.2, -0.15) is 0 Å². The van der Waals surface area contributed by atoms with Crippen LogP contribution < -0.4 is 18.9 Å². The van der Waals surface area contributed by atoms with Crippen LogP contribution in [0.3, 0.4) is 0 Å². The normalized spacial score (nSPS) is 17.7. The third-order valence-corrected chi connectivity index (χ3v) is 6.10. The fourth-order valence-electron chi connectivity index (χ4n) is 4.38. The molecule has 0 radical (unpaired) electrons. The molecular formula is C24H32INO6. The highest BCUT2D eigenvalue weighted by atomic mass is 127. The Bertz CT molecular complexity index is 935. The molecule has 32 heavy (non-hydrogen) atoms. The van der Waals surface area contributed by atoms with Gasteiger partial charge in [-0.3, -0.25) is 9.69 Å². The van der Waals surface area contributed by atoms with Crippen LogP contribution in [0.1, 0.15) is 35.6 Å². The molecular weight excluding hydrogens is 525 g/mol. The third-order valence-electron chi connectivity index (χ3n) is 6.10. The Morgan fingerprint density at radius 1 is 0.969 bits per heavy atom. The molecule has 1 aliphatic rings. The second-order valence-electron chi connectivity index (χ2n) is 7.77. The number of hydrogen-bond donors (Lipinski definition) is 1. The molecule has 0 fully saturated rings. The van der Waals surface area contributed by atoms with Gasteiger partial charge in [0.1, 0.15) is 0 Å². The van der Waals surface area contributed by atoms with Crippen LogP contribution in [0.25, 0.3) is 0 Å². The summed E-state index contributed by atoms with van der Waals surface area (Å²) in [6, 6.07) is 10.2. The largest absolute Gasteiger partial charge is 0.493 e. The van der Waals surface area contributed by atoms with E-state index in [1.807, 2.05) is 30.3 Å². The molecule has 0 bridgehead atoms. The number of fused-ring (bicyclic) bond motifs is 1. The Kier molecular flexibility index (Phi) is 9.45. The molecule has 0 aliphatic carbocycles. The molecule has 0 amide bonds. The first-order valence-electron chi connectivity index (χ1n) is 10.3.